The van der Waals surface area contributed by atoms with E-state index in [9.17, 15) is 9.59 Å². The van der Waals surface area contributed by atoms with Crippen LogP contribution in [0.25, 0.3) is 0 Å². The van der Waals surface area contributed by atoms with Crippen LogP contribution in [0, 0.1) is 0 Å². The van der Waals surface area contributed by atoms with E-state index in [0.29, 0.717) is 12.8 Å². The van der Waals surface area contributed by atoms with E-state index in [1.165, 1.54) is 4.90 Å². The summed E-state index contributed by atoms with van der Waals surface area (Å²) in [5.74, 6) is -0.129. The molecule has 0 N–H and O–H groups in total. The lowest BCUT2D eigenvalue weighted by Gasteiger charge is -2.19. The molecule has 4 nitrogen and oxygen atoms in total. The van der Waals surface area contributed by atoms with Crippen molar-refractivity contribution in [3.8, 4) is 0 Å². The molecule has 1 aromatic rings. The SMILES string of the molecule is C/C=C/C=C/CCCCC(=O)N1C(=O)OCC1Cc1ccccc1. The van der Waals surface area contributed by atoms with Gasteiger partial charge in [0.1, 0.15) is 6.61 Å². The average Bonchev–Trinajstić information content (AvgIpc) is 2.95. The number of ether oxygens (including phenoxy) is 1. The van der Waals surface area contributed by atoms with Gasteiger partial charge < -0.3 is 4.74 Å². The van der Waals surface area contributed by atoms with E-state index in [-0.39, 0.29) is 18.6 Å². The summed E-state index contributed by atoms with van der Waals surface area (Å²) in [5, 5.41) is 0. The third-order valence-electron chi connectivity index (χ3n) is 3.99. The largest absolute Gasteiger partial charge is 0.447 e. The molecule has 1 aromatic carbocycles. The van der Waals surface area contributed by atoms with E-state index in [1.54, 1.807) is 0 Å². The van der Waals surface area contributed by atoms with E-state index in [2.05, 4.69) is 6.08 Å². The summed E-state index contributed by atoms with van der Waals surface area (Å²) >= 11 is 0. The normalized spacial score (nSPS) is 17.8. The number of allylic oxidation sites excluding steroid dienone is 4. The van der Waals surface area contributed by atoms with E-state index < -0.39 is 6.09 Å². The first-order valence-corrected chi connectivity index (χ1v) is 8.53. The van der Waals surface area contributed by atoms with Gasteiger partial charge in [0.15, 0.2) is 0 Å². The summed E-state index contributed by atoms with van der Waals surface area (Å²) in [6.07, 6.45) is 11.2. The van der Waals surface area contributed by atoms with E-state index in [1.807, 2.05) is 55.5 Å². The minimum atomic E-state index is -0.506. The monoisotopic (exact) mass is 327 g/mol. The number of carbonyl (C=O) groups is 2. The molecule has 4 heteroatoms. The predicted molar refractivity (Wildman–Crippen MR) is 94.6 cm³/mol. The van der Waals surface area contributed by atoms with Crippen LogP contribution >= 0.6 is 0 Å². The highest BCUT2D eigenvalue weighted by Crippen LogP contribution is 2.19. The zero-order valence-corrected chi connectivity index (χ0v) is 14.2. The average molecular weight is 327 g/mol. The molecular weight excluding hydrogens is 302 g/mol. The van der Waals surface area contributed by atoms with Gasteiger partial charge in [0.25, 0.3) is 0 Å². The molecule has 0 radical (unpaired) electrons. The number of hydrogen-bond donors (Lipinski definition) is 0. The van der Waals surface area contributed by atoms with Crippen molar-refractivity contribution < 1.29 is 14.3 Å². The number of carbonyl (C=O) groups excluding carboxylic acids is 2. The van der Waals surface area contributed by atoms with Crippen LogP contribution in [0.2, 0.25) is 0 Å². The van der Waals surface area contributed by atoms with Gasteiger partial charge in [-0.05, 0) is 38.2 Å². The van der Waals surface area contributed by atoms with Gasteiger partial charge in [0.2, 0.25) is 5.91 Å². The first-order valence-electron chi connectivity index (χ1n) is 8.53. The van der Waals surface area contributed by atoms with Gasteiger partial charge in [-0.15, -0.1) is 0 Å². The minimum absolute atomic E-state index is 0.129. The smallest absolute Gasteiger partial charge is 0.416 e. The Bertz CT molecular complexity index is 592. The van der Waals surface area contributed by atoms with Gasteiger partial charge >= 0.3 is 6.09 Å². The maximum atomic E-state index is 12.4. The molecule has 24 heavy (non-hydrogen) atoms. The highest BCUT2D eigenvalue weighted by molar-refractivity contribution is 5.93. The Balaban J connectivity index is 1.81. The number of cyclic esters (lactones) is 1. The van der Waals surface area contributed by atoms with Crippen LogP contribution in [0.1, 0.15) is 38.2 Å². The molecule has 2 rings (SSSR count). The summed E-state index contributed by atoms with van der Waals surface area (Å²) in [6.45, 7) is 2.26. The fraction of sp³-hybridized carbons (Fsp3) is 0.400. The van der Waals surface area contributed by atoms with Crippen LogP contribution in [0.5, 0.6) is 0 Å². The van der Waals surface area contributed by atoms with E-state index in [4.69, 9.17) is 4.74 Å². The van der Waals surface area contributed by atoms with Crippen LogP contribution in [0.3, 0.4) is 0 Å². The summed E-state index contributed by atoms with van der Waals surface area (Å²) in [4.78, 5) is 25.6. The standard InChI is InChI=1S/C20H25NO3/c1-2-3-4-5-6-7-11-14-19(22)21-18(16-24-20(21)23)15-17-12-9-8-10-13-17/h2-5,8-10,12-13,18H,6-7,11,14-16H2,1H3/b3-2+,5-4+. The van der Waals surface area contributed by atoms with Gasteiger partial charge in [-0.2, -0.15) is 0 Å². The highest BCUT2D eigenvalue weighted by atomic mass is 16.6. The van der Waals surface area contributed by atoms with Gasteiger partial charge in [0.05, 0.1) is 6.04 Å². The second kappa shape index (κ2) is 9.71. The number of hydrogen-bond acceptors (Lipinski definition) is 3. The van der Waals surface area contributed by atoms with Crippen molar-refractivity contribution in [3.05, 3.63) is 60.2 Å². The summed E-state index contributed by atoms with van der Waals surface area (Å²) < 4.78 is 5.09. The first kappa shape index (κ1) is 18.0. The van der Waals surface area contributed by atoms with Gasteiger partial charge in [-0.25, -0.2) is 9.69 Å². The second-order valence-electron chi connectivity index (χ2n) is 5.88. The number of amides is 2. The fourth-order valence-electron chi connectivity index (χ4n) is 2.75. The Hall–Kier alpha value is -2.36. The predicted octanol–water partition coefficient (Wildman–Crippen LogP) is 4.27. The maximum Gasteiger partial charge on any atom is 0.416 e. The third kappa shape index (κ3) is 5.37. The zero-order valence-electron chi connectivity index (χ0n) is 14.2. The van der Waals surface area contributed by atoms with Crippen LogP contribution < -0.4 is 0 Å². The molecule has 1 atom stereocenters. The van der Waals surface area contributed by atoms with Crippen LogP contribution in [-0.2, 0) is 16.0 Å². The number of imide groups is 1. The Labute approximate surface area is 143 Å². The molecular formula is C20H25NO3. The molecule has 0 bridgehead atoms. The van der Waals surface area contributed by atoms with Crippen LogP contribution in [0.15, 0.2) is 54.6 Å². The maximum absolute atomic E-state index is 12.4. The molecule has 1 aliphatic heterocycles. The zero-order chi connectivity index (χ0) is 17.2. The van der Waals surface area contributed by atoms with Gasteiger partial charge in [0, 0.05) is 6.42 Å². The van der Waals surface area contributed by atoms with E-state index in [0.717, 1.165) is 24.8 Å². The lowest BCUT2D eigenvalue weighted by Crippen LogP contribution is -2.40. The third-order valence-corrected chi connectivity index (χ3v) is 3.99. The molecule has 2 amide bonds. The Morgan fingerprint density at radius 3 is 2.79 bits per heavy atom. The molecule has 1 fully saturated rings. The van der Waals surface area contributed by atoms with Gasteiger partial charge in [-0.1, -0.05) is 54.6 Å². The summed E-state index contributed by atoms with van der Waals surface area (Å²) in [7, 11) is 0. The topological polar surface area (TPSA) is 46.6 Å². The van der Waals surface area contributed by atoms with Gasteiger partial charge in [-0.3, -0.25) is 4.79 Å². The number of rotatable bonds is 8. The molecule has 1 heterocycles. The second-order valence-corrected chi connectivity index (χ2v) is 5.88. The molecule has 0 aliphatic carbocycles. The van der Waals surface area contributed by atoms with Crippen LogP contribution in [-0.4, -0.2) is 29.5 Å². The summed E-state index contributed by atoms with van der Waals surface area (Å²) in [5.41, 5.74) is 1.10. The molecule has 0 saturated carbocycles. The van der Waals surface area contributed by atoms with Crippen molar-refractivity contribution in [1.82, 2.24) is 4.90 Å². The number of nitrogens with zero attached hydrogens (tertiary/aromatic N) is 1. The lowest BCUT2D eigenvalue weighted by atomic mass is 10.1. The van der Waals surface area contributed by atoms with Crippen molar-refractivity contribution in [2.24, 2.45) is 0 Å². The molecule has 0 spiro atoms. The van der Waals surface area contributed by atoms with E-state index >= 15 is 0 Å². The highest BCUT2D eigenvalue weighted by Gasteiger charge is 2.37. The first-order chi connectivity index (χ1) is 11.7. The fourth-order valence-corrected chi connectivity index (χ4v) is 2.75. The number of unbranched alkanes of at least 4 members (excludes halogenated alkanes) is 2. The van der Waals surface area contributed by atoms with Crippen molar-refractivity contribution in [3.63, 3.8) is 0 Å². The Morgan fingerprint density at radius 2 is 2.04 bits per heavy atom. The summed E-state index contributed by atoms with van der Waals surface area (Å²) in [6, 6.07) is 9.68. The quantitative estimate of drug-likeness (QED) is 0.529. The molecule has 0 aromatic heterocycles. The van der Waals surface area contributed by atoms with Crippen molar-refractivity contribution in [1.29, 1.82) is 0 Å². The number of benzene rings is 1. The molecule has 1 saturated heterocycles. The Kier molecular flexibility index (Phi) is 7.27. The van der Waals surface area contributed by atoms with Crippen molar-refractivity contribution in [2.45, 2.75) is 45.1 Å². The Morgan fingerprint density at radius 1 is 1.25 bits per heavy atom. The molecule has 1 aliphatic rings. The lowest BCUT2D eigenvalue weighted by molar-refractivity contribution is -0.129. The minimum Gasteiger partial charge on any atom is -0.447 e. The van der Waals surface area contributed by atoms with Crippen molar-refractivity contribution in [2.75, 3.05) is 6.61 Å². The van der Waals surface area contributed by atoms with Crippen LogP contribution in [0.4, 0.5) is 4.79 Å². The molecule has 1 unspecified atom stereocenters. The van der Waals surface area contributed by atoms with Crippen molar-refractivity contribution >= 4 is 12.0 Å². The molecule has 128 valence electrons.